The average molecular weight is 378 g/mol. The van der Waals surface area contributed by atoms with Gasteiger partial charge in [0.25, 0.3) is 0 Å². The lowest BCUT2D eigenvalue weighted by Crippen LogP contribution is -2.28. The number of ether oxygens (including phenoxy) is 3. The average Bonchev–Trinajstić information content (AvgIpc) is 3.12. The van der Waals surface area contributed by atoms with E-state index in [1.54, 1.807) is 42.5 Å². The van der Waals surface area contributed by atoms with Gasteiger partial charge in [0.2, 0.25) is 0 Å². The molecular weight excluding hydrogens is 360 g/mol. The summed E-state index contributed by atoms with van der Waals surface area (Å²) in [5, 5.41) is 11.2. The minimum atomic E-state index is -0.492. The third kappa shape index (κ3) is 5.61. The Hall–Kier alpha value is -3.79. The number of cyclic esters (lactones) is 1. The van der Waals surface area contributed by atoms with Gasteiger partial charge in [-0.25, -0.2) is 9.59 Å². The highest BCUT2D eigenvalue weighted by atomic mass is 16.6. The molecule has 1 N–H and O–H groups in total. The summed E-state index contributed by atoms with van der Waals surface area (Å²) in [6.45, 7) is 0.342. The molecule has 1 fully saturated rings. The van der Waals surface area contributed by atoms with Crippen LogP contribution < -0.4 is 14.8 Å². The van der Waals surface area contributed by atoms with Crippen molar-refractivity contribution in [1.29, 1.82) is 5.26 Å². The number of rotatable bonds is 7. The lowest BCUT2D eigenvalue weighted by molar-refractivity contribution is -0.128. The van der Waals surface area contributed by atoms with Gasteiger partial charge in [0, 0.05) is 6.08 Å². The van der Waals surface area contributed by atoms with E-state index in [0.29, 0.717) is 24.5 Å². The standard InChI is InChI=1S/C21H18N2O5/c22-11-12-26-18-6-1-15(2-7-18)5-10-20(24)28-19-8-3-16(4-9-19)13-17-14-27-21(25)23-17/h1-10,17H,12-14H2,(H,23,25)/b10-5+. The number of nitrogens with zero attached hydrogens (tertiary/aromatic N) is 1. The predicted molar refractivity (Wildman–Crippen MR) is 101 cm³/mol. The number of amides is 1. The molecule has 7 heteroatoms. The summed E-state index contributed by atoms with van der Waals surface area (Å²) in [6.07, 6.45) is 3.22. The van der Waals surface area contributed by atoms with Gasteiger partial charge in [-0.15, -0.1) is 0 Å². The summed E-state index contributed by atoms with van der Waals surface area (Å²) < 4.78 is 15.3. The third-order valence-electron chi connectivity index (χ3n) is 3.96. The van der Waals surface area contributed by atoms with E-state index in [1.807, 2.05) is 18.2 Å². The molecule has 7 nitrogen and oxygen atoms in total. The Kier molecular flexibility index (Phi) is 6.26. The van der Waals surface area contributed by atoms with Crippen LogP contribution in [-0.2, 0) is 16.0 Å². The Morgan fingerprint density at radius 3 is 2.54 bits per heavy atom. The van der Waals surface area contributed by atoms with Crippen LogP contribution in [0.5, 0.6) is 11.5 Å². The van der Waals surface area contributed by atoms with Crippen molar-refractivity contribution in [2.75, 3.05) is 13.2 Å². The highest BCUT2D eigenvalue weighted by Gasteiger charge is 2.22. The molecule has 1 unspecified atom stereocenters. The second kappa shape index (κ2) is 9.24. The van der Waals surface area contributed by atoms with Crippen molar-refractivity contribution in [3.8, 4) is 17.6 Å². The molecule has 2 aromatic rings. The zero-order valence-corrected chi connectivity index (χ0v) is 15.0. The van der Waals surface area contributed by atoms with Crippen molar-refractivity contribution in [3.63, 3.8) is 0 Å². The number of carbonyl (C=O) groups excluding carboxylic acids is 2. The SMILES string of the molecule is N#CCOc1ccc(/C=C/C(=O)Oc2ccc(CC3COC(=O)N3)cc2)cc1. The molecule has 2 aromatic carbocycles. The van der Waals surface area contributed by atoms with Crippen molar-refractivity contribution < 1.29 is 23.8 Å². The molecule has 1 saturated heterocycles. The molecule has 1 amide bonds. The van der Waals surface area contributed by atoms with E-state index in [2.05, 4.69) is 5.32 Å². The number of nitriles is 1. The van der Waals surface area contributed by atoms with Crippen molar-refractivity contribution in [3.05, 3.63) is 65.7 Å². The van der Waals surface area contributed by atoms with Gasteiger partial charge in [0.05, 0.1) is 6.04 Å². The largest absolute Gasteiger partial charge is 0.479 e. The smallest absolute Gasteiger partial charge is 0.407 e. The van der Waals surface area contributed by atoms with Crippen molar-refractivity contribution in [2.45, 2.75) is 12.5 Å². The molecule has 0 aliphatic carbocycles. The lowest BCUT2D eigenvalue weighted by Gasteiger charge is -2.08. The number of benzene rings is 2. The first-order chi connectivity index (χ1) is 13.6. The Morgan fingerprint density at radius 2 is 1.89 bits per heavy atom. The second-order valence-electron chi connectivity index (χ2n) is 6.06. The summed E-state index contributed by atoms with van der Waals surface area (Å²) in [7, 11) is 0. The summed E-state index contributed by atoms with van der Waals surface area (Å²) in [5.74, 6) is 0.532. The fraction of sp³-hybridized carbons (Fsp3) is 0.190. The van der Waals surface area contributed by atoms with Gasteiger partial charge < -0.3 is 19.5 Å². The van der Waals surface area contributed by atoms with E-state index in [4.69, 9.17) is 19.5 Å². The molecule has 1 aliphatic rings. The Balaban J connectivity index is 1.49. The molecule has 0 saturated carbocycles. The quantitative estimate of drug-likeness (QED) is 0.452. The number of carbonyl (C=O) groups is 2. The molecule has 1 aliphatic heterocycles. The van der Waals surface area contributed by atoms with Crippen LogP contribution in [0.2, 0.25) is 0 Å². The summed E-state index contributed by atoms with van der Waals surface area (Å²) in [5.41, 5.74) is 1.81. The summed E-state index contributed by atoms with van der Waals surface area (Å²) in [6, 6.07) is 16.0. The first kappa shape index (κ1) is 19.0. The van der Waals surface area contributed by atoms with Gasteiger partial charge in [-0.2, -0.15) is 5.26 Å². The molecule has 3 rings (SSSR count). The predicted octanol–water partition coefficient (Wildman–Crippen LogP) is 2.86. The van der Waals surface area contributed by atoms with Gasteiger partial charge in [0.15, 0.2) is 6.61 Å². The van der Waals surface area contributed by atoms with Gasteiger partial charge in [-0.1, -0.05) is 24.3 Å². The topological polar surface area (TPSA) is 97.7 Å². The zero-order chi connectivity index (χ0) is 19.8. The van der Waals surface area contributed by atoms with E-state index in [9.17, 15) is 9.59 Å². The monoisotopic (exact) mass is 378 g/mol. The van der Waals surface area contributed by atoms with Crippen LogP contribution >= 0.6 is 0 Å². The molecule has 0 bridgehead atoms. The maximum absolute atomic E-state index is 12.0. The highest BCUT2D eigenvalue weighted by molar-refractivity contribution is 5.88. The Labute approximate surface area is 162 Å². The van der Waals surface area contributed by atoms with Gasteiger partial charge in [0.1, 0.15) is 24.2 Å². The van der Waals surface area contributed by atoms with E-state index in [1.165, 1.54) is 6.08 Å². The summed E-state index contributed by atoms with van der Waals surface area (Å²) >= 11 is 0. The number of nitrogens with one attached hydrogen (secondary N) is 1. The van der Waals surface area contributed by atoms with E-state index in [-0.39, 0.29) is 12.6 Å². The van der Waals surface area contributed by atoms with Crippen LogP contribution in [0.1, 0.15) is 11.1 Å². The maximum Gasteiger partial charge on any atom is 0.407 e. The van der Waals surface area contributed by atoms with Gasteiger partial charge in [-0.05, 0) is 47.9 Å². The number of hydrogen-bond donors (Lipinski definition) is 1. The fourth-order valence-corrected chi connectivity index (χ4v) is 2.62. The third-order valence-corrected chi connectivity index (χ3v) is 3.96. The molecule has 0 spiro atoms. The van der Waals surface area contributed by atoms with Crippen molar-refractivity contribution in [2.24, 2.45) is 0 Å². The van der Waals surface area contributed by atoms with Crippen LogP contribution in [0.4, 0.5) is 4.79 Å². The fourth-order valence-electron chi connectivity index (χ4n) is 2.62. The molecule has 0 aromatic heterocycles. The van der Waals surface area contributed by atoms with E-state index < -0.39 is 12.1 Å². The first-order valence-electron chi connectivity index (χ1n) is 8.64. The molecule has 1 atom stereocenters. The van der Waals surface area contributed by atoms with E-state index >= 15 is 0 Å². The first-order valence-corrected chi connectivity index (χ1v) is 8.64. The van der Waals surface area contributed by atoms with Gasteiger partial charge >= 0.3 is 12.1 Å². The molecular formula is C21H18N2O5. The normalized spacial score (nSPS) is 15.5. The molecule has 28 heavy (non-hydrogen) atoms. The molecule has 142 valence electrons. The highest BCUT2D eigenvalue weighted by Crippen LogP contribution is 2.16. The summed E-state index contributed by atoms with van der Waals surface area (Å²) in [4.78, 5) is 23.0. The second-order valence-corrected chi connectivity index (χ2v) is 6.06. The Bertz CT molecular complexity index is 898. The molecule has 1 heterocycles. The van der Waals surface area contributed by atoms with Gasteiger partial charge in [-0.3, -0.25) is 0 Å². The minimum absolute atomic E-state index is 0.0105. The van der Waals surface area contributed by atoms with E-state index in [0.717, 1.165) is 11.1 Å². The number of hydrogen-bond acceptors (Lipinski definition) is 6. The van der Waals surface area contributed by atoms with Crippen LogP contribution in [0, 0.1) is 11.3 Å². The Morgan fingerprint density at radius 1 is 1.18 bits per heavy atom. The number of esters is 1. The van der Waals surface area contributed by atoms with Crippen LogP contribution in [-0.4, -0.2) is 31.3 Å². The van der Waals surface area contributed by atoms with Crippen LogP contribution in [0.3, 0.4) is 0 Å². The lowest BCUT2D eigenvalue weighted by atomic mass is 10.1. The maximum atomic E-state index is 12.0. The number of alkyl carbamates (subject to hydrolysis) is 1. The van der Waals surface area contributed by atoms with Crippen LogP contribution in [0.25, 0.3) is 6.08 Å². The zero-order valence-electron chi connectivity index (χ0n) is 15.0. The molecule has 0 radical (unpaired) electrons. The van der Waals surface area contributed by atoms with Crippen molar-refractivity contribution in [1.82, 2.24) is 5.32 Å². The van der Waals surface area contributed by atoms with Crippen molar-refractivity contribution >= 4 is 18.1 Å². The van der Waals surface area contributed by atoms with Crippen LogP contribution in [0.15, 0.2) is 54.6 Å². The minimum Gasteiger partial charge on any atom is -0.479 e.